The van der Waals surface area contributed by atoms with Gasteiger partial charge in [0.05, 0.1) is 5.69 Å². The second-order valence-corrected chi connectivity index (χ2v) is 6.55. The summed E-state index contributed by atoms with van der Waals surface area (Å²) < 4.78 is 31.0. The van der Waals surface area contributed by atoms with E-state index in [1.165, 1.54) is 17.4 Å². The minimum Gasteiger partial charge on any atom is -0.451 e. The van der Waals surface area contributed by atoms with Crippen LogP contribution in [-0.4, -0.2) is 23.5 Å². The number of ether oxygens (including phenoxy) is 1. The smallest absolute Gasteiger partial charge is 0.350 e. The molecule has 1 aromatic heterocycles. The highest BCUT2D eigenvalue weighted by molar-refractivity contribution is 7.17. The molecule has 0 aliphatic carbocycles. The van der Waals surface area contributed by atoms with Crippen molar-refractivity contribution in [3.63, 3.8) is 0 Å². The van der Waals surface area contributed by atoms with Crippen LogP contribution in [0.5, 0.6) is 0 Å². The summed E-state index contributed by atoms with van der Waals surface area (Å²) >= 11 is 1.17. The zero-order valence-corrected chi connectivity index (χ0v) is 15.0. The van der Waals surface area contributed by atoms with Gasteiger partial charge in [0.2, 0.25) is 0 Å². The second-order valence-electron chi connectivity index (χ2n) is 5.55. The lowest BCUT2D eigenvalue weighted by molar-refractivity contribution is -0.119. The molecule has 1 N–H and O–H groups in total. The third-order valence-corrected chi connectivity index (χ3v) is 4.73. The van der Waals surface area contributed by atoms with Crippen LogP contribution in [0.3, 0.4) is 0 Å². The number of halogens is 2. The van der Waals surface area contributed by atoms with Gasteiger partial charge in [0.15, 0.2) is 18.2 Å². The predicted octanol–water partition coefficient (Wildman–Crippen LogP) is 4.19. The van der Waals surface area contributed by atoms with E-state index in [2.05, 4.69) is 10.3 Å². The molecule has 3 aromatic rings. The van der Waals surface area contributed by atoms with Crippen LogP contribution in [0.25, 0.3) is 10.6 Å². The maximum absolute atomic E-state index is 13.1. The van der Waals surface area contributed by atoms with Crippen molar-refractivity contribution < 1.29 is 23.1 Å². The Morgan fingerprint density at radius 1 is 1.11 bits per heavy atom. The number of anilines is 1. The fourth-order valence-corrected chi connectivity index (χ4v) is 3.22. The number of thiazole rings is 1. The molecule has 27 heavy (non-hydrogen) atoms. The van der Waals surface area contributed by atoms with Crippen LogP contribution in [0.1, 0.15) is 15.4 Å². The number of hydrogen-bond acceptors (Lipinski definition) is 5. The van der Waals surface area contributed by atoms with Crippen molar-refractivity contribution in [3.05, 3.63) is 70.7 Å². The van der Waals surface area contributed by atoms with E-state index in [1.807, 2.05) is 30.3 Å². The fourth-order valence-electron chi connectivity index (χ4n) is 2.26. The monoisotopic (exact) mass is 388 g/mol. The van der Waals surface area contributed by atoms with Crippen molar-refractivity contribution >= 4 is 28.9 Å². The predicted molar refractivity (Wildman–Crippen MR) is 97.6 cm³/mol. The first kappa shape index (κ1) is 18.7. The summed E-state index contributed by atoms with van der Waals surface area (Å²) in [4.78, 5) is 28.7. The Morgan fingerprint density at radius 2 is 1.85 bits per heavy atom. The highest BCUT2D eigenvalue weighted by Gasteiger charge is 2.18. The van der Waals surface area contributed by atoms with Crippen LogP contribution in [0.2, 0.25) is 0 Å². The summed E-state index contributed by atoms with van der Waals surface area (Å²) in [7, 11) is 0. The number of benzene rings is 2. The van der Waals surface area contributed by atoms with Gasteiger partial charge in [-0.2, -0.15) is 0 Å². The first-order valence-electron chi connectivity index (χ1n) is 7.89. The van der Waals surface area contributed by atoms with Crippen molar-refractivity contribution in [2.75, 3.05) is 11.9 Å². The highest BCUT2D eigenvalue weighted by Crippen LogP contribution is 2.28. The molecule has 138 valence electrons. The minimum atomic E-state index is -1.08. The Bertz CT molecular complexity index is 990. The summed E-state index contributed by atoms with van der Waals surface area (Å²) in [5.41, 5.74) is 1.45. The number of aromatic nitrogens is 1. The van der Waals surface area contributed by atoms with E-state index in [0.717, 1.165) is 17.7 Å². The number of carbonyl (C=O) groups excluding carboxylic acids is 2. The average molecular weight is 388 g/mol. The number of amides is 1. The maximum Gasteiger partial charge on any atom is 0.350 e. The van der Waals surface area contributed by atoms with E-state index in [1.54, 1.807) is 6.92 Å². The molecule has 0 radical (unpaired) electrons. The molecule has 0 fully saturated rings. The molecule has 0 aliphatic rings. The molecule has 5 nitrogen and oxygen atoms in total. The van der Waals surface area contributed by atoms with Crippen LogP contribution in [0, 0.1) is 18.6 Å². The van der Waals surface area contributed by atoms with E-state index >= 15 is 0 Å². The Labute approximate surface area is 157 Å². The van der Waals surface area contributed by atoms with Gasteiger partial charge in [-0.05, 0) is 19.1 Å². The fraction of sp³-hybridized carbons (Fsp3) is 0.105. The van der Waals surface area contributed by atoms with Crippen LogP contribution in [0.15, 0.2) is 48.5 Å². The van der Waals surface area contributed by atoms with Gasteiger partial charge in [-0.15, -0.1) is 11.3 Å². The van der Waals surface area contributed by atoms with Crippen molar-refractivity contribution in [1.29, 1.82) is 0 Å². The minimum absolute atomic E-state index is 0.0651. The first-order chi connectivity index (χ1) is 12.9. The molecule has 0 saturated heterocycles. The molecule has 0 aliphatic heterocycles. The number of nitrogens with one attached hydrogen (secondary N) is 1. The summed E-state index contributed by atoms with van der Waals surface area (Å²) in [6.45, 7) is 1.12. The van der Waals surface area contributed by atoms with Crippen molar-refractivity contribution in [2.45, 2.75) is 6.92 Å². The molecular formula is C19H14F2N2O3S. The van der Waals surface area contributed by atoms with E-state index in [-0.39, 0.29) is 5.69 Å². The molecule has 0 spiro atoms. The molecule has 3 rings (SSSR count). The van der Waals surface area contributed by atoms with E-state index < -0.39 is 30.1 Å². The molecule has 0 bridgehead atoms. The Hall–Kier alpha value is -3.13. The van der Waals surface area contributed by atoms with Crippen molar-refractivity contribution in [2.24, 2.45) is 0 Å². The van der Waals surface area contributed by atoms with Gasteiger partial charge in [0.25, 0.3) is 5.91 Å². The summed E-state index contributed by atoms with van der Waals surface area (Å²) in [6, 6.07) is 12.3. The lowest BCUT2D eigenvalue weighted by Gasteiger charge is -2.06. The molecule has 1 amide bonds. The Kier molecular flexibility index (Phi) is 5.56. The largest absolute Gasteiger partial charge is 0.451 e. The average Bonchev–Trinajstić information content (AvgIpc) is 3.05. The SMILES string of the molecule is Cc1nc(-c2ccccc2)sc1C(=O)OCC(=O)Nc1ccc(F)c(F)c1. The van der Waals surface area contributed by atoms with Gasteiger partial charge in [-0.3, -0.25) is 4.79 Å². The van der Waals surface area contributed by atoms with Crippen molar-refractivity contribution in [1.82, 2.24) is 4.98 Å². The Balaban J connectivity index is 1.61. The third kappa shape index (κ3) is 4.53. The quantitative estimate of drug-likeness (QED) is 0.666. The standard InChI is InChI=1S/C19H14F2N2O3S/c1-11-17(27-18(22-11)12-5-3-2-4-6-12)19(25)26-10-16(24)23-13-7-8-14(20)15(21)9-13/h2-9H,10H2,1H3,(H,23,24). The molecule has 2 aromatic carbocycles. The van der Waals surface area contributed by atoms with E-state index in [0.29, 0.717) is 15.6 Å². The molecule has 0 saturated carbocycles. The lowest BCUT2D eigenvalue weighted by Crippen LogP contribution is -2.21. The zero-order valence-electron chi connectivity index (χ0n) is 14.2. The number of aryl methyl sites for hydroxylation is 1. The number of rotatable bonds is 5. The van der Waals surface area contributed by atoms with E-state index in [4.69, 9.17) is 4.74 Å². The van der Waals surface area contributed by atoms with E-state index in [9.17, 15) is 18.4 Å². The molecule has 0 unspecified atom stereocenters. The number of nitrogens with zero attached hydrogens (tertiary/aromatic N) is 1. The van der Waals surface area contributed by atoms with Gasteiger partial charge >= 0.3 is 5.97 Å². The Morgan fingerprint density at radius 3 is 2.56 bits per heavy atom. The van der Waals surface area contributed by atoms with Crippen LogP contribution in [0.4, 0.5) is 14.5 Å². The van der Waals surface area contributed by atoms with Crippen molar-refractivity contribution in [3.8, 4) is 10.6 Å². The van der Waals surface area contributed by atoms with Crippen LogP contribution >= 0.6 is 11.3 Å². The molecular weight excluding hydrogens is 374 g/mol. The summed E-state index contributed by atoms with van der Waals surface area (Å²) in [5.74, 6) is -3.44. The molecule has 8 heteroatoms. The first-order valence-corrected chi connectivity index (χ1v) is 8.70. The summed E-state index contributed by atoms with van der Waals surface area (Å²) in [5, 5.41) is 3.00. The topological polar surface area (TPSA) is 68.3 Å². The lowest BCUT2D eigenvalue weighted by atomic mass is 10.2. The van der Waals surface area contributed by atoms with Gasteiger partial charge in [-0.1, -0.05) is 30.3 Å². The number of esters is 1. The van der Waals surface area contributed by atoms with Crippen LogP contribution in [-0.2, 0) is 9.53 Å². The maximum atomic E-state index is 13.1. The number of carbonyl (C=O) groups is 2. The number of hydrogen-bond donors (Lipinski definition) is 1. The second kappa shape index (κ2) is 8.05. The van der Waals surface area contributed by atoms with Gasteiger partial charge in [0.1, 0.15) is 9.88 Å². The third-order valence-electron chi connectivity index (χ3n) is 3.54. The van der Waals surface area contributed by atoms with Gasteiger partial charge in [0, 0.05) is 17.3 Å². The zero-order chi connectivity index (χ0) is 19.4. The molecule has 0 atom stereocenters. The van der Waals surface area contributed by atoms with Gasteiger partial charge in [-0.25, -0.2) is 18.6 Å². The normalized spacial score (nSPS) is 10.5. The summed E-state index contributed by atoms with van der Waals surface area (Å²) in [6.07, 6.45) is 0. The van der Waals surface area contributed by atoms with Gasteiger partial charge < -0.3 is 10.1 Å². The van der Waals surface area contributed by atoms with Crippen LogP contribution < -0.4 is 5.32 Å². The molecule has 1 heterocycles. The highest BCUT2D eigenvalue weighted by atomic mass is 32.1.